The second-order valence-electron chi connectivity index (χ2n) is 6.65. The average Bonchev–Trinajstić information content (AvgIpc) is 3.17. The van der Waals surface area contributed by atoms with Gasteiger partial charge in [-0.15, -0.1) is 0 Å². The molecule has 2 heterocycles. The van der Waals surface area contributed by atoms with Gasteiger partial charge in [-0.2, -0.15) is 5.10 Å². The predicted molar refractivity (Wildman–Crippen MR) is 109 cm³/mol. The molecule has 4 rings (SSSR count). The first-order chi connectivity index (χ1) is 14.0. The normalized spacial score (nSPS) is 10.9. The molecule has 2 aromatic heterocycles. The van der Waals surface area contributed by atoms with Crippen LogP contribution in [-0.4, -0.2) is 32.5 Å². The number of methoxy groups -OCH3 is 1. The smallest absolute Gasteiger partial charge is 0.283 e. The molecule has 8 nitrogen and oxygen atoms in total. The summed E-state index contributed by atoms with van der Waals surface area (Å²) in [6, 6.07) is 12.6. The standard InChI is InChI=1S/C21H19N5O3/c1-13-7-8-16(9-14(13)2)26-19-18(11-23-26)21(28)25(12-22-19)24-20(27)15-5-4-6-17(10-15)29-3/h4-12H,1-3H3,(H,24,27). The van der Waals surface area contributed by atoms with Gasteiger partial charge < -0.3 is 4.74 Å². The number of aromatic nitrogens is 4. The molecule has 29 heavy (non-hydrogen) atoms. The van der Waals surface area contributed by atoms with E-state index in [2.05, 4.69) is 15.5 Å². The fraction of sp³-hybridized carbons (Fsp3) is 0.143. The maximum Gasteiger partial charge on any atom is 0.283 e. The lowest BCUT2D eigenvalue weighted by molar-refractivity contribution is 0.101. The van der Waals surface area contributed by atoms with E-state index in [1.54, 1.807) is 28.9 Å². The van der Waals surface area contributed by atoms with Crippen LogP contribution in [0.1, 0.15) is 21.5 Å². The summed E-state index contributed by atoms with van der Waals surface area (Å²) >= 11 is 0. The summed E-state index contributed by atoms with van der Waals surface area (Å²) in [4.78, 5) is 29.6. The highest BCUT2D eigenvalue weighted by Gasteiger charge is 2.14. The summed E-state index contributed by atoms with van der Waals surface area (Å²) < 4.78 is 7.79. The molecule has 4 aromatic rings. The molecule has 0 radical (unpaired) electrons. The quantitative estimate of drug-likeness (QED) is 0.579. The molecule has 0 bridgehead atoms. The highest BCUT2D eigenvalue weighted by Crippen LogP contribution is 2.17. The third-order valence-corrected chi connectivity index (χ3v) is 4.78. The van der Waals surface area contributed by atoms with E-state index < -0.39 is 11.5 Å². The Morgan fingerprint density at radius 3 is 2.69 bits per heavy atom. The molecular formula is C21H19N5O3. The number of hydrogen-bond acceptors (Lipinski definition) is 5. The number of hydrogen-bond donors (Lipinski definition) is 1. The number of nitrogens with zero attached hydrogens (tertiary/aromatic N) is 4. The Balaban J connectivity index is 1.69. The Morgan fingerprint density at radius 2 is 1.93 bits per heavy atom. The van der Waals surface area contributed by atoms with Crippen molar-refractivity contribution in [3.05, 3.63) is 82.0 Å². The molecule has 0 aliphatic rings. The van der Waals surface area contributed by atoms with Gasteiger partial charge in [0.25, 0.3) is 11.5 Å². The first kappa shape index (κ1) is 18.4. The molecule has 8 heteroatoms. The van der Waals surface area contributed by atoms with Gasteiger partial charge in [-0.3, -0.25) is 15.0 Å². The lowest BCUT2D eigenvalue weighted by atomic mass is 10.1. The molecule has 0 aliphatic heterocycles. The summed E-state index contributed by atoms with van der Waals surface area (Å²) in [6.45, 7) is 4.04. The minimum Gasteiger partial charge on any atom is -0.497 e. The maximum absolute atomic E-state index is 12.8. The fourth-order valence-corrected chi connectivity index (χ4v) is 2.98. The van der Waals surface area contributed by atoms with Gasteiger partial charge in [0.1, 0.15) is 17.5 Å². The van der Waals surface area contributed by atoms with E-state index in [4.69, 9.17) is 4.74 Å². The molecule has 0 unspecified atom stereocenters. The number of aryl methyl sites for hydroxylation is 2. The van der Waals surface area contributed by atoms with Gasteiger partial charge in [0.2, 0.25) is 0 Å². The number of fused-ring (bicyclic) bond motifs is 1. The van der Waals surface area contributed by atoms with Crippen LogP contribution in [0.2, 0.25) is 0 Å². The molecule has 2 aromatic carbocycles. The number of carbonyl (C=O) groups is 1. The first-order valence-electron chi connectivity index (χ1n) is 8.96. The highest BCUT2D eigenvalue weighted by atomic mass is 16.5. The van der Waals surface area contributed by atoms with Crippen molar-refractivity contribution in [3.63, 3.8) is 0 Å². The zero-order valence-corrected chi connectivity index (χ0v) is 16.2. The Hall–Kier alpha value is -3.94. The summed E-state index contributed by atoms with van der Waals surface area (Å²) in [5.41, 5.74) is 6.01. The Kier molecular flexibility index (Phi) is 4.59. The Labute approximate surface area is 166 Å². The van der Waals surface area contributed by atoms with E-state index in [9.17, 15) is 9.59 Å². The summed E-state index contributed by atoms with van der Waals surface area (Å²) in [5, 5.41) is 4.61. The first-order valence-corrected chi connectivity index (χ1v) is 8.96. The largest absolute Gasteiger partial charge is 0.497 e. The summed E-state index contributed by atoms with van der Waals surface area (Å²) in [7, 11) is 1.52. The van der Waals surface area contributed by atoms with Crippen molar-refractivity contribution < 1.29 is 9.53 Å². The van der Waals surface area contributed by atoms with Crippen molar-refractivity contribution in [3.8, 4) is 11.4 Å². The molecule has 0 saturated carbocycles. The van der Waals surface area contributed by atoms with Gasteiger partial charge in [0.05, 0.1) is 19.0 Å². The molecule has 0 atom stereocenters. The predicted octanol–water partition coefficient (Wildman–Crippen LogP) is 2.59. The second-order valence-corrected chi connectivity index (χ2v) is 6.65. The van der Waals surface area contributed by atoms with E-state index in [0.717, 1.165) is 15.9 Å². The van der Waals surface area contributed by atoms with Crippen molar-refractivity contribution in [2.24, 2.45) is 0 Å². The van der Waals surface area contributed by atoms with Crippen LogP contribution in [0.5, 0.6) is 5.75 Å². The van der Waals surface area contributed by atoms with Crippen molar-refractivity contribution in [2.45, 2.75) is 13.8 Å². The lowest BCUT2D eigenvalue weighted by Gasteiger charge is -2.09. The zero-order valence-electron chi connectivity index (χ0n) is 16.2. The minimum atomic E-state index is -0.450. The monoisotopic (exact) mass is 389 g/mol. The fourth-order valence-electron chi connectivity index (χ4n) is 2.98. The van der Waals surface area contributed by atoms with E-state index in [0.29, 0.717) is 22.3 Å². The molecule has 1 amide bonds. The number of amides is 1. The third kappa shape index (κ3) is 3.36. The highest BCUT2D eigenvalue weighted by molar-refractivity contribution is 6.00. The van der Waals surface area contributed by atoms with Crippen LogP contribution in [0.25, 0.3) is 16.7 Å². The molecule has 0 spiro atoms. The molecule has 0 saturated heterocycles. The van der Waals surface area contributed by atoms with Crippen LogP contribution in [0, 0.1) is 13.8 Å². The van der Waals surface area contributed by atoms with Gasteiger partial charge in [0, 0.05) is 5.56 Å². The van der Waals surface area contributed by atoms with Crippen LogP contribution in [0.3, 0.4) is 0 Å². The van der Waals surface area contributed by atoms with Gasteiger partial charge in [-0.25, -0.2) is 14.3 Å². The molecule has 1 N–H and O–H groups in total. The average molecular weight is 389 g/mol. The topological polar surface area (TPSA) is 91.0 Å². The molecule has 0 fully saturated rings. The van der Waals surface area contributed by atoms with Gasteiger partial charge in [-0.05, 0) is 55.3 Å². The lowest BCUT2D eigenvalue weighted by Crippen LogP contribution is -2.33. The molecule has 146 valence electrons. The van der Waals surface area contributed by atoms with Crippen LogP contribution < -0.4 is 15.7 Å². The van der Waals surface area contributed by atoms with Gasteiger partial charge in [0.15, 0.2) is 5.65 Å². The maximum atomic E-state index is 12.8. The summed E-state index contributed by atoms with van der Waals surface area (Å²) in [5.74, 6) is 0.0990. The summed E-state index contributed by atoms with van der Waals surface area (Å²) in [6.07, 6.45) is 2.73. The van der Waals surface area contributed by atoms with E-state index in [1.807, 2.05) is 32.0 Å². The SMILES string of the molecule is COc1cccc(C(=O)Nn2cnc3c(cnn3-c3ccc(C)c(C)c3)c2=O)c1. The van der Waals surface area contributed by atoms with Crippen LogP contribution in [0.15, 0.2) is 59.8 Å². The van der Waals surface area contributed by atoms with E-state index in [1.165, 1.54) is 25.2 Å². The number of carbonyl (C=O) groups excluding carboxylic acids is 1. The van der Waals surface area contributed by atoms with Crippen molar-refractivity contribution in [1.82, 2.24) is 19.4 Å². The Morgan fingerprint density at radius 1 is 1.10 bits per heavy atom. The van der Waals surface area contributed by atoms with Crippen molar-refractivity contribution >= 4 is 16.9 Å². The van der Waals surface area contributed by atoms with Crippen LogP contribution in [0.4, 0.5) is 0 Å². The van der Waals surface area contributed by atoms with E-state index in [-0.39, 0.29) is 0 Å². The van der Waals surface area contributed by atoms with Crippen molar-refractivity contribution in [1.29, 1.82) is 0 Å². The van der Waals surface area contributed by atoms with Crippen LogP contribution in [-0.2, 0) is 0 Å². The zero-order chi connectivity index (χ0) is 20.5. The molecular weight excluding hydrogens is 370 g/mol. The van der Waals surface area contributed by atoms with Gasteiger partial charge in [-0.1, -0.05) is 12.1 Å². The van der Waals surface area contributed by atoms with Crippen LogP contribution >= 0.6 is 0 Å². The van der Waals surface area contributed by atoms with E-state index >= 15 is 0 Å². The number of benzene rings is 2. The number of ether oxygens (including phenoxy) is 1. The third-order valence-electron chi connectivity index (χ3n) is 4.78. The van der Waals surface area contributed by atoms with Gasteiger partial charge >= 0.3 is 0 Å². The second kappa shape index (κ2) is 7.23. The Bertz CT molecular complexity index is 1290. The van der Waals surface area contributed by atoms with Crippen molar-refractivity contribution in [2.75, 3.05) is 12.5 Å². The number of rotatable bonds is 4. The minimum absolute atomic E-state index is 0.302. The molecule has 0 aliphatic carbocycles. The number of nitrogens with one attached hydrogen (secondary N) is 1.